The molecule has 0 aliphatic heterocycles. The van der Waals surface area contributed by atoms with Gasteiger partial charge in [0.25, 0.3) is 0 Å². The second kappa shape index (κ2) is 13.3. The monoisotopic (exact) mass is 772 g/mol. The van der Waals surface area contributed by atoms with Crippen molar-refractivity contribution in [3.8, 4) is 44.8 Å². The first kappa shape index (κ1) is 35.4. The summed E-state index contributed by atoms with van der Waals surface area (Å²) in [7, 11) is 0. The third kappa shape index (κ3) is 5.83. The van der Waals surface area contributed by atoms with Crippen molar-refractivity contribution < 1.29 is 26.3 Å². The molecule has 0 unspecified atom stereocenters. The predicted molar refractivity (Wildman–Crippen MR) is 221 cm³/mol. The molecule has 8 heteroatoms. The van der Waals surface area contributed by atoms with Gasteiger partial charge >= 0.3 is 12.4 Å². The summed E-state index contributed by atoms with van der Waals surface area (Å²) in [6, 6.07) is 53.2. The molecule has 10 aromatic rings. The second-order valence-corrected chi connectivity index (χ2v) is 14.4. The fourth-order valence-corrected chi connectivity index (χ4v) is 8.40. The number of halogens is 6. The number of nitrogens with zero attached hydrogens (tertiary/aromatic N) is 2. The number of para-hydroxylation sites is 2. The van der Waals surface area contributed by atoms with Crippen molar-refractivity contribution in [3.05, 3.63) is 193 Å². The van der Waals surface area contributed by atoms with Gasteiger partial charge in [-0.25, -0.2) is 0 Å². The van der Waals surface area contributed by atoms with E-state index >= 15 is 26.3 Å². The van der Waals surface area contributed by atoms with E-state index in [2.05, 4.69) is 0 Å². The molecule has 0 aliphatic rings. The number of benzene rings is 8. The van der Waals surface area contributed by atoms with Gasteiger partial charge < -0.3 is 9.13 Å². The summed E-state index contributed by atoms with van der Waals surface area (Å²) < 4.78 is 94.2. The number of rotatable bonds is 5. The molecule has 10 rings (SSSR count). The van der Waals surface area contributed by atoms with E-state index in [9.17, 15) is 0 Å². The molecular formula is C50H30F6N2. The van der Waals surface area contributed by atoms with Crippen molar-refractivity contribution >= 4 is 43.6 Å². The minimum atomic E-state index is -4.97. The van der Waals surface area contributed by atoms with Crippen LogP contribution in [0, 0.1) is 0 Å². The highest BCUT2D eigenvalue weighted by atomic mass is 19.4. The van der Waals surface area contributed by atoms with Gasteiger partial charge in [-0.2, -0.15) is 26.3 Å². The first-order valence-electron chi connectivity index (χ1n) is 18.7. The molecule has 0 N–H and O–H groups in total. The Labute approximate surface area is 328 Å². The van der Waals surface area contributed by atoms with Gasteiger partial charge in [0.1, 0.15) is 0 Å². The summed E-state index contributed by atoms with van der Waals surface area (Å²) in [5.41, 5.74) is 3.59. The smallest absolute Gasteiger partial charge is 0.309 e. The van der Waals surface area contributed by atoms with E-state index in [1.807, 2.05) is 155 Å². The topological polar surface area (TPSA) is 9.86 Å². The Hall–Kier alpha value is -7.06. The van der Waals surface area contributed by atoms with Crippen molar-refractivity contribution in [2.24, 2.45) is 0 Å². The van der Waals surface area contributed by atoms with Gasteiger partial charge in [-0.05, 0) is 94.0 Å². The van der Waals surface area contributed by atoms with Crippen molar-refractivity contribution in [1.82, 2.24) is 9.13 Å². The lowest BCUT2D eigenvalue weighted by molar-refractivity contribution is -0.139. The van der Waals surface area contributed by atoms with Crippen LogP contribution in [-0.2, 0) is 12.4 Å². The minimum Gasteiger partial charge on any atom is -0.309 e. The Morgan fingerprint density at radius 1 is 0.293 bits per heavy atom. The van der Waals surface area contributed by atoms with E-state index in [1.54, 1.807) is 0 Å². The van der Waals surface area contributed by atoms with Gasteiger partial charge in [0.15, 0.2) is 0 Å². The van der Waals surface area contributed by atoms with Crippen LogP contribution in [0.2, 0.25) is 0 Å². The summed E-state index contributed by atoms with van der Waals surface area (Å²) in [5.74, 6) is 0. The summed E-state index contributed by atoms with van der Waals surface area (Å²) in [6.07, 6.45) is -9.93. The first-order chi connectivity index (χ1) is 28.0. The van der Waals surface area contributed by atoms with E-state index in [1.165, 1.54) is 24.3 Å². The molecule has 0 aliphatic carbocycles. The molecule has 0 amide bonds. The third-order valence-electron chi connectivity index (χ3n) is 11.0. The number of hydrogen-bond donors (Lipinski definition) is 0. The maximum atomic E-state index is 15.1. The van der Waals surface area contributed by atoms with Gasteiger partial charge in [-0.15, -0.1) is 0 Å². The Morgan fingerprint density at radius 3 is 1.05 bits per heavy atom. The number of aromatic nitrogens is 2. The lowest BCUT2D eigenvalue weighted by Gasteiger charge is -2.21. The fraction of sp³-hybridized carbons (Fsp3) is 0.0400. The maximum Gasteiger partial charge on any atom is 0.417 e. The zero-order chi connectivity index (χ0) is 39.8. The molecule has 2 aromatic heterocycles. The molecule has 0 saturated heterocycles. The van der Waals surface area contributed by atoms with Crippen molar-refractivity contribution in [1.29, 1.82) is 0 Å². The van der Waals surface area contributed by atoms with Gasteiger partial charge in [-0.3, -0.25) is 0 Å². The second-order valence-electron chi connectivity index (χ2n) is 14.4. The van der Waals surface area contributed by atoms with Gasteiger partial charge in [0.05, 0.1) is 33.2 Å². The van der Waals surface area contributed by atoms with Crippen LogP contribution in [0.5, 0.6) is 0 Å². The highest BCUT2D eigenvalue weighted by Crippen LogP contribution is 2.46. The molecule has 8 aromatic carbocycles. The molecular weight excluding hydrogens is 743 g/mol. The molecule has 0 atom stereocenters. The maximum absolute atomic E-state index is 15.1. The van der Waals surface area contributed by atoms with E-state index < -0.39 is 34.6 Å². The van der Waals surface area contributed by atoms with Crippen molar-refractivity contribution in [2.75, 3.05) is 0 Å². The zero-order valence-corrected chi connectivity index (χ0v) is 30.5. The van der Waals surface area contributed by atoms with Crippen LogP contribution < -0.4 is 0 Å². The molecule has 0 spiro atoms. The average Bonchev–Trinajstić information content (AvgIpc) is 3.75. The quantitative estimate of drug-likeness (QED) is 0.154. The van der Waals surface area contributed by atoms with Crippen LogP contribution in [-0.4, -0.2) is 9.13 Å². The largest absolute Gasteiger partial charge is 0.417 e. The Kier molecular flexibility index (Phi) is 8.09. The summed E-state index contributed by atoms with van der Waals surface area (Å²) >= 11 is 0. The molecule has 2 nitrogen and oxygen atoms in total. The van der Waals surface area contributed by atoms with E-state index in [0.717, 1.165) is 55.9 Å². The molecule has 282 valence electrons. The molecule has 0 fully saturated rings. The fourth-order valence-electron chi connectivity index (χ4n) is 8.40. The Balaban J connectivity index is 1.25. The van der Waals surface area contributed by atoms with Crippen LogP contribution >= 0.6 is 0 Å². The van der Waals surface area contributed by atoms with Crippen molar-refractivity contribution in [3.63, 3.8) is 0 Å². The molecule has 0 radical (unpaired) electrons. The number of fused-ring (bicyclic) bond motifs is 6. The number of hydrogen-bond acceptors (Lipinski definition) is 0. The third-order valence-corrected chi connectivity index (χ3v) is 11.0. The zero-order valence-electron chi connectivity index (χ0n) is 30.5. The van der Waals surface area contributed by atoms with Crippen LogP contribution in [0.25, 0.3) is 88.4 Å². The summed E-state index contributed by atoms with van der Waals surface area (Å²) in [5, 5.41) is 3.43. The van der Waals surface area contributed by atoms with Gasteiger partial charge in [0, 0.05) is 32.9 Å². The SMILES string of the molecule is FC(F)(F)c1ccc(-n2c3ccccc3c3ccc(-c4ccccc4)cc32)cc1-c1cc(-n2c3ccccc3c3ccc(-c4ccccc4)cc32)ccc1C(F)(F)F. The highest BCUT2D eigenvalue weighted by molar-refractivity contribution is 6.11. The average molecular weight is 773 g/mol. The van der Waals surface area contributed by atoms with Crippen LogP contribution in [0.15, 0.2) is 182 Å². The predicted octanol–water partition coefficient (Wildman–Crippen LogP) is 14.9. The van der Waals surface area contributed by atoms with E-state index in [-0.39, 0.29) is 0 Å². The standard InChI is InChI=1S/C50H30F6N2/c51-49(52,53)43-25-21-35(57-45-17-9-7-15-37(45)39-23-19-33(27-47(39)57)31-11-3-1-4-12-31)29-41(43)42-30-36(22-26-44(42)50(54,55)56)58-46-18-10-8-16-38(46)40-24-20-34(28-48(40)58)32-13-5-2-6-14-32/h1-30H. The van der Waals surface area contributed by atoms with Crippen molar-refractivity contribution in [2.45, 2.75) is 12.4 Å². The molecule has 0 saturated carbocycles. The normalized spacial score (nSPS) is 12.3. The minimum absolute atomic E-state index is 0.294. The number of alkyl halides is 6. The van der Waals surface area contributed by atoms with E-state index in [0.29, 0.717) is 33.4 Å². The lowest BCUT2D eigenvalue weighted by atomic mass is 9.93. The summed E-state index contributed by atoms with van der Waals surface area (Å²) in [6.45, 7) is 0. The van der Waals surface area contributed by atoms with Crippen LogP contribution in [0.1, 0.15) is 11.1 Å². The summed E-state index contributed by atoms with van der Waals surface area (Å²) in [4.78, 5) is 0. The highest BCUT2D eigenvalue weighted by Gasteiger charge is 2.39. The van der Waals surface area contributed by atoms with Gasteiger partial charge in [0.2, 0.25) is 0 Å². The molecule has 58 heavy (non-hydrogen) atoms. The van der Waals surface area contributed by atoms with Gasteiger partial charge in [-0.1, -0.05) is 121 Å². The van der Waals surface area contributed by atoms with Crippen LogP contribution in [0.4, 0.5) is 26.3 Å². The molecule has 2 heterocycles. The Bertz CT molecular complexity index is 2970. The lowest BCUT2D eigenvalue weighted by Crippen LogP contribution is -2.12. The van der Waals surface area contributed by atoms with E-state index in [4.69, 9.17) is 0 Å². The first-order valence-corrected chi connectivity index (χ1v) is 18.7. The molecule has 0 bridgehead atoms. The Morgan fingerprint density at radius 2 is 0.655 bits per heavy atom. The van der Waals surface area contributed by atoms with Crippen LogP contribution in [0.3, 0.4) is 0 Å².